The Morgan fingerprint density at radius 1 is 1.25 bits per heavy atom. The summed E-state index contributed by atoms with van der Waals surface area (Å²) in [4.78, 5) is 14.8. The molecule has 20 heavy (non-hydrogen) atoms. The van der Waals surface area contributed by atoms with E-state index in [0.29, 0.717) is 29.7 Å². The molecule has 5 heteroatoms. The highest BCUT2D eigenvalue weighted by atomic mass is 35.5. The summed E-state index contributed by atoms with van der Waals surface area (Å²) in [6.45, 7) is 3.18. The molecule has 0 bridgehead atoms. The second-order valence-electron chi connectivity index (χ2n) is 5.33. The maximum atomic E-state index is 10.7. The molecular formula is C15H16ClNO3. The normalized spacial score (nSPS) is 19.5. The lowest BCUT2D eigenvalue weighted by Gasteiger charge is -2.38. The Labute approximate surface area is 122 Å². The van der Waals surface area contributed by atoms with Crippen LogP contribution in [-0.2, 0) is 10.3 Å². The molecule has 1 aromatic carbocycles. The summed E-state index contributed by atoms with van der Waals surface area (Å²) in [5.74, 6) is 1.30. The molecule has 0 atom stereocenters. The maximum absolute atomic E-state index is 10.7. The van der Waals surface area contributed by atoms with Crippen molar-refractivity contribution in [2.24, 2.45) is 4.99 Å². The Morgan fingerprint density at radius 3 is 2.55 bits per heavy atom. The molecule has 1 saturated carbocycles. The van der Waals surface area contributed by atoms with Gasteiger partial charge in [0.2, 0.25) is 6.08 Å². The molecule has 4 nitrogen and oxygen atoms in total. The molecule has 0 unspecified atom stereocenters. The molecule has 1 fully saturated rings. The lowest BCUT2D eigenvalue weighted by atomic mass is 9.71. The van der Waals surface area contributed by atoms with Crippen LogP contribution in [0, 0.1) is 6.92 Å². The van der Waals surface area contributed by atoms with Gasteiger partial charge in [-0.1, -0.05) is 11.6 Å². The monoisotopic (exact) mass is 293 g/mol. The third-order valence-electron chi connectivity index (χ3n) is 4.16. The van der Waals surface area contributed by atoms with Crippen LogP contribution < -0.4 is 9.47 Å². The van der Waals surface area contributed by atoms with Gasteiger partial charge < -0.3 is 9.47 Å². The number of isocyanates is 1. The Bertz CT molecular complexity index is 589. The van der Waals surface area contributed by atoms with Gasteiger partial charge in [-0.25, -0.2) is 4.79 Å². The molecule has 2 aliphatic rings. The minimum atomic E-state index is -0.472. The van der Waals surface area contributed by atoms with Crippen molar-refractivity contribution < 1.29 is 14.3 Å². The van der Waals surface area contributed by atoms with Crippen LogP contribution in [0.25, 0.3) is 0 Å². The summed E-state index contributed by atoms with van der Waals surface area (Å²) in [6.07, 6.45) is 5.28. The van der Waals surface area contributed by atoms with Crippen LogP contribution in [0.1, 0.15) is 36.8 Å². The van der Waals surface area contributed by atoms with E-state index >= 15 is 0 Å². The standard InChI is InChI=1S/C15H16ClNO3/c1-10-11(15(17-9-18)4-2-5-15)8-12(16)14-13(10)19-6-3-7-20-14/h8H,2-7H2,1H3. The van der Waals surface area contributed by atoms with E-state index in [4.69, 9.17) is 21.1 Å². The van der Waals surface area contributed by atoms with E-state index < -0.39 is 5.54 Å². The van der Waals surface area contributed by atoms with Crippen molar-refractivity contribution in [3.63, 3.8) is 0 Å². The summed E-state index contributed by atoms with van der Waals surface area (Å²) >= 11 is 6.33. The molecule has 0 aromatic heterocycles. The van der Waals surface area contributed by atoms with Crippen molar-refractivity contribution in [2.45, 2.75) is 38.1 Å². The SMILES string of the molecule is Cc1c(C2(N=C=O)CCC2)cc(Cl)c2c1OCCCO2. The number of aliphatic imine (C=N–C) groups is 1. The Morgan fingerprint density at radius 2 is 1.95 bits per heavy atom. The van der Waals surface area contributed by atoms with Crippen molar-refractivity contribution in [3.05, 3.63) is 22.2 Å². The van der Waals surface area contributed by atoms with Crippen molar-refractivity contribution in [3.8, 4) is 11.5 Å². The topological polar surface area (TPSA) is 47.9 Å². The zero-order valence-corrected chi connectivity index (χ0v) is 12.1. The fraction of sp³-hybridized carbons (Fsp3) is 0.533. The van der Waals surface area contributed by atoms with Gasteiger partial charge in [0.05, 0.1) is 23.8 Å². The first-order chi connectivity index (χ1) is 9.68. The molecule has 1 heterocycles. The van der Waals surface area contributed by atoms with Gasteiger partial charge in [0.15, 0.2) is 11.5 Å². The summed E-state index contributed by atoms with van der Waals surface area (Å²) in [5, 5.41) is 0.523. The van der Waals surface area contributed by atoms with Crippen LogP contribution in [0.15, 0.2) is 11.1 Å². The molecule has 1 aliphatic heterocycles. The molecule has 1 aromatic rings. The van der Waals surface area contributed by atoms with Gasteiger partial charge in [0, 0.05) is 12.0 Å². The molecule has 106 valence electrons. The van der Waals surface area contributed by atoms with E-state index in [9.17, 15) is 4.79 Å². The van der Waals surface area contributed by atoms with E-state index in [1.165, 1.54) is 0 Å². The third kappa shape index (κ3) is 2.00. The van der Waals surface area contributed by atoms with Gasteiger partial charge >= 0.3 is 0 Å². The van der Waals surface area contributed by atoms with Gasteiger partial charge in [0.1, 0.15) is 0 Å². The van der Waals surface area contributed by atoms with Crippen molar-refractivity contribution >= 4 is 17.7 Å². The Kier molecular flexibility index (Phi) is 3.45. The number of rotatable bonds is 2. The highest BCUT2D eigenvalue weighted by Crippen LogP contribution is 2.51. The van der Waals surface area contributed by atoms with Crippen LogP contribution in [0.3, 0.4) is 0 Å². The molecule has 0 spiro atoms. The second kappa shape index (κ2) is 5.12. The highest BCUT2D eigenvalue weighted by Gasteiger charge is 2.41. The van der Waals surface area contributed by atoms with E-state index in [0.717, 1.165) is 36.8 Å². The van der Waals surface area contributed by atoms with Crippen LogP contribution in [0.4, 0.5) is 0 Å². The smallest absolute Gasteiger partial charge is 0.235 e. The number of benzene rings is 1. The first-order valence-electron chi connectivity index (χ1n) is 6.86. The Hall–Kier alpha value is -1.51. The zero-order chi connectivity index (χ0) is 14.2. The van der Waals surface area contributed by atoms with Gasteiger partial charge in [-0.05, 0) is 37.8 Å². The number of nitrogens with zero attached hydrogens (tertiary/aromatic N) is 1. The number of halogens is 1. The van der Waals surface area contributed by atoms with Crippen molar-refractivity contribution in [2.75, 3.05) is 13.2 Å². The third-order valence-corrected chi connectivity index (χ3v) is 4.44. The van der Waals surface area contributed by atoms with Gasteiger partial charge in [0.25, 0.3) is 0 Å². The van der Waals surface area contributed by atoms with Crippen LogP contribution in [0.2, 0.25) is 5.02 Å². The van der Waals surface area contributed by atoms with E-state index in [-0.39, 0.29) is 0 Å². The Balaban J connectivity index is 2.15. The molecule has 1 aliphatic carbocycles. The predicted molar refractivity (Wildman–Crippen MR) is 75.4 cm³/mol. The van der Waals surface area contributed by atoms with Crippen LogP contribution >= 0.6 is 11.6 Å². The number of hydrogen-bond donors (Lipinski definition) is 0. The quantitative estimate of drug-likeness (QED) is 0.619. The highest BCUT2D eigenvalue weighted by molar-refractivity contribution is 6.32. The fourth-order valence-corrected chi connectivity index (χ4v) is 3.19. The van der Waals surface area contributed by atoms with E-state index in [1.54, 1.807) is 6.08 Å². The lowest BCUT2D eigenvalue weighted by molar-refractivity contribution is 0.252. The van der Waals surface area contributed by atoms with E-state index in [2.05, 4.69) is 4.99 Å². The maximum Gasteiger partial charge on any atom is 0.235 e. The number of ether oxygens (including phenoxy) is 2. The fourth-order valence-electron chi connectivity index (χ4n) is 2.94. The average molecular weight is 294 g/mol. The van der Waals surface area contributed by atoms with Gasteiger partial charge in [-0.2, -0.15) is 4.99 Å². The number of fused-ring (bicyclic) bond motifs is 1. The van der Waals surface area contributed by atoms with Crippen molar-refractivity contribution in [1.82, 2.24) is 0 Å². The largest absolute Gasteiger partial charge is 0.489 e. The summed E-state index contributed by atoms with van der Waals surface area (Å²) in [7, 11) is 0. The lowest BCUT2D eigenvalue weighted by Crippen LogP contribution is -2.32. The number of hydrogen-bond acceptors (Lipinski definition) is 4. The zero-order valence-electron chi connectivity index (χ0n) is 11.4. The molecular weight excluding hydrogens is 278 g/mol. The predicted octanol–water partition coefficient (Wildman–Crippen LogP) is 3.52. The summed E-state index contributed by atoms with van der Waals surface area (Å²) in [5.41, 5.74) is 1.45. The summed E-state index contributed by atoms with van der Waals surface area (Å²) in [6, 6.07) is 1.87. The molecule has 0 saturated heterocycles. The second-order valence-corrected chi connectivity index (χ2v) is 5.74. The summed E-state index contributed by atoms with van der Waals surface area (Å²) < 4.78 is 11.5. The molecule has 0 N–H and O–H groups in total. The first-order valence-corrected chi connectivity index (χ1v) is 7.24. The van der Waals surface area contributed by atoms with Gasteiger partial charge in [-0.3, -0.25) is 0 Å². The molecule has 0 radical (unpaired) electrons. The van der Waals surface area contributed by atoms with Crippen molar-refractivity contribution in [1.29, 1.82) is 0 Å². The molecule has 3 rings (SSSR count). The molecule has 0 amide bonds. The van der Waals surface area contributed by atoms with Crippen LogP contribution in [0.5, 0.6) is 11.5 Å². The first kappa shape index (κ1) is 13.5. The van der Waals surface area contributed by atoms with Gasteiger partial charge in [-0.15, -0.1) is 0 Å². The van der Waals surface area contributed by atoms with E-state index in [1.807, 2.05) is 13.0 Å². The average Bonchev–Trinajstić information content (AvgIpc) is 2.64. The minimum Gasteiger partial charge on any atom is -0.489 e. The minimum absolute atomic E-state index is 0.472. The number of carbonyl (C=O) groups excluding carboxylic acids is 1. The van der Waals surface area contributed by atoms with Crippen LogP contribution in [-0.4, -0.2) is 19.3 Å².